The summed E-state index contributed by atoms with van der Waals surface area (Å²) in [6.07, 6.45) is 1.08. The molecule has 12 heteroatoms. The highest BCUT2D eigenvalue weighted by molar-refractivity contribution is 7.80. The first kappa shape index (κ1) is 21.4. The third kappa shape index (κ3) is 6.04. The first-order chi connectivity index (χ1) is 12.2. The molecule has 0 saturated heterocycles. The predicted octanol–water partition coefficient (Wildman–Crippen LogP) is -2.09. The highest BCUT2D eigenvalue weighted by Gasteiger charge is 2.22. The number of nitrogens with two attached hydrogens (primary N) is 2. The number of carbonyl (C=O) groups excluding carboxylic acids is 3. The van der Waals surface area contributed by atoms with E-state index in [0.29, 0.717) is 0 Å². The summed E-state index contributed by atoms with van der Waals surface area (Å²) >= 11 is 4.00. The predicted molar refractivity (Wildman–Crippen MR) is 95.6 cm³/mol. The zero-order valence-electron chi connectivity index (χ0n) is 14.1. The Morgan fingerprint density at radius 2 is 2.04 bits per heavy atom. The second-order valence-corrected chi connectivity index (χ2v) is 5.85. The van der Waals surface area contributed by atoms with E-state index in [1.54, 1.807) is 7.05 Å². The summed E-state index contributed by atoms with van der Waals surface area (Å²) in [6.45, 7) is -0.304. The lowest BCUT2D eigenvalue weighted by atomic mass is 10.1. The number of aliphatic carboxylic acids is 1. The lowest BCUT2D eigenvalue weighted by Gasteiger charge is -2.16. The second-order valence-electron chi connectivity index (χ2n) is 5.49. The molecule has 0 aliphatic heterocycles. The molecule has 11 nitrogen and oxygen atoms in total. The maximum atomic E-state index is 12.1. The SMILES string of the molecule is Cn1c(C(=O)CNC(=O)[C@H](CS)NC(=O)CC[C@H](N)C(=O)O)cnc1N. The molecule has 0 aliphatic rings. The second kappa shape index (κ2) is 9.77. The van der Waals surface area contributed by atoms with Crippen molar-refractivity contribution in [3.05, 3.63) is 11.9 Å². The first-order valence-corrected chi connectivity index (χ1v) is 8.27. The van der Waals surface area contributed by atoms with Gasteiger partial charge in [0.05, 0.1) is 12.7 Å². The van der Waals surface area contributed by atoms with E-state index in [-0.39, 0.29) is 36.8 Å². The normalized spacial score (nSPS) is 12.9. The van der Waals surface area contributed by atoms with Gasteiger partial charge in [-0.2, -0.15) is 12.6 Å². The van der Waals surface area contributed by atoms with E-state index in [1.165, 1.54) is 10.8 Å². The Bertz CT molecular complexity index is 691. The van der Waals surface area contributed by atoms with Crippen LogP contribution in [0.2, 0.25) is 0 Å². The van der Waals surface area contributed by atoms with Gasteiger partial charge < -0.3 is 31.8 Å². The van der Waals surface area contributed by atoms with Crippen molar-refractivity contribution in [2.24, 2.45) is 12.8 Å². The van der Waals surface area contributed by atoms with Crippen molar-refractivity contribution in [1.82, 2.24) is 20.2 Å². The molecule has 1 heterocycles. The molecule has 2 atom stereocenters. The van der Waals surface area contributed by atoms with E-state index in [1.807, 2.05) is 0 Å². The van der Waals surface area contributed by atoms with Crippen molar-refractivity contribution < 1.29 is 24.3 Å². The standard InChI is InChI=1S/C14H22N6O5S/c1-20-9(4-18-14(20)16)10(21)5-17-12(23)8(6-26)19-11(22)3-2-7(15)13(24)25/h4,7-8,26H,2-3,5-6,15H2,1H3,(H2,16,18)(H,17,23)(H,19,22)(H,24,25)/t7-,8-/m0/s1. The van der Waals surface area contributed by atoms with Crippen LogP contribution in [0.1, 0.15) is 23.3 Å². The maximum Gasteiger partial charge on any atom is 0.320 e. The fraction of sp³-hybridized carbons (Fsp3) is 0.500. The summed E-state index contributed by atoms with van der Waals surface area (Å²) < 4.78 is 1.39. The summed E-state index contributed by atoms with van der Waals surface area (Å²) in [5.74, 6) is -2.59. The van der Waals surface area contributed by atoms with Crippen molar-refractivity contribution in [1.29, 1.82) is 0 Å². The van der Waals surface area contributed by atoms with Crippen molar-refractivity contribution >= 4 is 42.1 Å². The van der Waals surface area contributed by atoms with E-state index in [0.717, 1.165) is 0 Å². The number of amides is 2. The number of Topliss-reactive ketones (excluding diaryl/α,β-unsaturated/α-hetero) is 1. The molecule has 1 rings (SSSR count). The summed E-state index contributed by atoms with van der Waals surface area (Å²) in [6, 6.07) is -2.13. The van der Waals surface area contributed by atoms with Crippen molar-refractivity contribution in [3.8, 4) is 0 Å². The Morgan fingerprint density at radius 1 is 1.38 bits per heavy atom. The van der Waals surface area contributed by atoms with E-state index in [4.69, 9.17) is 16.6 Å². The van der Waals surface area contributed by atoms with E-state index < -0.39 is 35.7 Å². The lowest BCUT2D eigenvalue weighted by Crippen LogP contribution is -2.49. The lowest BCUT2D eigenvalue weighted by molar-refractivity contribution is -0.138. The van der Waals surface area contributed by atoms with Crippen molar-refractivity contribution in [2.45, 2.75) is 24.9 Å². The topological polar surface area (TPSA) is 182 Å². The molecule has 7 N–H and O–H groups in total. The number of nitrogen functional groups attached to an aromatic ring is 1. The number of anilines is 1. The Balaban J connectivity index is 2.50. The molecule has 0 fully saturated rings. The quantitative estimate of drug-likeness (QED) is 0.195. The molecule has 26 heavy (non-hydrogen) atoms. The van der Waals surface area contributed by atoms with E-state index in [2.05, 4.69) is 28.2 Å². The van der Waals surface area contributed by atoms with Crippen LogP contribution in [-0.4, -0.2) is 62.6 Å². The molecule has 1 aromatic heterocycles. The van der Waals surface area contributed by atoms with E-state index in [9.17, 15) is 19.2 Å². The number of ketones is 1. The number of carboxylic acids is 1. The number of rotatable bonds is 10. The third-order valence-corrected chi connectivity index (χ3v) is 3.93. The minimum atomic E-state index is -1.21. The summed E-state index contributed by atoms with van der Waals surface area (Å²) in [5.41, 5.74) is 11.1. The fourth-order valence-corrected chi connectivity index (χ4v) is 2.19. The van der Waals surface area contributed by atoms with Crippen LogP contribution in [0.4, 0.5) is 5.95 Å². The number of hydrogen-bond acceptors (Lipinski definition) is 8. The fourth-order valence-electron chi connectivity index (χ4n) is 1.93. The molecule has 0 aromatic carbocycles. The Labute approximate surface area is 154 Å². The van der Waals surface area contributed by atoms with Crippen LogP contribution < -0.4 is 22.1 Å². The molecular weight excluding hydrogens is 364 g/mol. The average Bonchev–Trinajstić information content (AvgIpc) is 2.94. The maximum absolute atomic E-state index is 12.1. The third-order valence-electron chi connectivity index (χ3n) is 3.57. The highest BCUT2D eigenvalue weighted by atomic mass is 32.1. The number of thiol groups is 1. The van der Waals surface area contributed by atoms with Gasteiger partial charge in [0.15, 0.2) is 11.7 Å². The minimum Gasteiger partial charge on any atom is -0.480 e. The molecule has 0 aliphatic carbocycles. The summed E-state index contributed by atoms with van der Waals surface area (Å²) in [7, 11) is 1.57. The van der Waals surface area contributed by atoms with Crippen molar-refractivity contribution in [2.75, 3.05) is 18.0 Å². The number of aromatic nitrogens is 2. The molecule has 0 saturated carbocycles. The minimum absolute atomic E-state index is 0.00456. The van der Waals surface area contributed by atoms with Gasteiger partial charge >= 0.3 is 5.97 Å². The highest BCUT2D eigenvalue weighted by Crippen LogP contribution is 2.04. The van der Waals surface area contributed by atoms with Gasteiger partial charge in [-0.15, -0.1) is 0 Å². The first-order valence-electron chi connectivity index (χ1n) is 7.64. The van der Waals surface area contributed by atoms with Crippen LogP contribution >= 0.6 is 12.6 Å². The molecular formula is C14H22N6O5S. The summed E-state index contributed by atoms with van der Waals surface area (Å²) in [5, 5.41) is 13.5. The van der Waals surface area contributed by atoms with Crippen LogP contribution in [0.3, 0.4) is 0 Å². The van der Waals surface area contributed by atoms with Gasteiger partial charge in [0.1, 0.15) is 17.8 Å². The van der Waals surface area contributed by atoms with Crippen LogP contribution in [-0.2, 0) is 21.4 Å². The Hall–Kier alpha value is -2.60. The largest absolute Gasteiger partial charge is 0.480 e. The Kier molecular flexibility index (Phi) is 8.06. The molecule has 0 unspecified atom stereocenters. The molecule has 0 bridgehead atoms. The van der Waals surface area contributed by atoms with Gasteiger partial charge in [0, 0.05) is 19.2 Å². The zero-order valence-corrected chi connectivity index (χ0v) is 15.0. The number of carbonyl (C=O) groups is 4. The molecule has 0 spiro atoms. The van der Waals surface area contributed by atoms with Gasteiger partial charge in [-0.05, 0) is 6.42 Å². The average molecular weight is 386 g/mol. The zero-order chi connectivity index (χ0) is 19.9. The van der Waals surface area contributed by atoms with Crippen LogP contribution in [0.15, 0.2) is 6.20 Å². The van der Waals surface area contributed by atoms with Crippen LogP contribution in [0.25, 0.3) is 0 Å². The van der Waals surface area contributed by atoms with Gasteiger partial charge in [0.25, 0.3) is 0 Å². The molecule has 0 radical (unpaired) electrons. The molecule has 1 aromatic rings. The van der Waals surface area contributed by atoms with Gasteiger partial charge in [0.2, 0.25) is 11.8 Å². The van der Waals surface area contributed by atoms with Gasteiger partial charge in [-0.1, -0.05) is 0 Å². The van der Waals surface area contributed by atoms with Crippen LogP contribution in [0, 0.1) is 0 Å². The number of nitrogens with zero attached hydrogens (tertiary/aromatic N) is 2. The number of nitrogens with one attached hydrogen (secondary N) is 2. The number of hydrogen-bond donors (Lipinski definition) is 6. The summed E-state index contributed by atoms with van der Waals surface area (Å²) in [4.78, 5) is 50.3. The molecule has 144 valence electrons. The van der Waals surface area contributed by atoms with Crippen LogP contribution in [0.5, 0.6) is 0 Å². The van der Waals surface area contributed by atoms with Gasteiger partial charge in [-0.3, -0.25) is 19.2 Å². The Morgan fingerprint density at radius 3 is 2.54 bits per heavy atom. The van der Waals surface area contributed by atoms with Crippen molar-refractivity contribution in [3.63, 3.8) is 0 Å². The smallest absolute Gasteiger partial charge is 0.320 e. The molecule has 2 amide bonds. The number of carboxylic acid groups (broad SMARTS) is 1. The van der Waals surface area contributed by atoms with Gasteiger partial charge in [-0.25, -0.2) is 4.98 Å². The number of imidazole rings is 1. The van der Waals surface area contributed by atoms with E-state index >= 15 is 0 Å². The monoisotopic (exact) mass is 386 g/mol.